The van der Waals surface area contributed by atoms with Crippen molar-refractivity contribution >= 4 is 0 Å². The summed E-state index contributed by atoms with van der Waals surface area (Å²) in [6.45, 7) is 12.4. The molecule has 1 N–H and O–H groups in total. The van der Waals surface area contributed by atoms with E-state index in [1.54, 1.807) is 0 Å². The summed E-state index contributed by atoms with van der Waals surface area (Å²) in [5, 5.41) is 3.63. The van der Waals surface area contributed by atoms with Gasteiger partial charge in [-0.25, -0.2) is 0 Å². The van der Waals surface area contributed by atoms with Gasteiger partial charge in [0.1, 0.15) is 0 Å². The van der Waals surface area contributed by atoms with Gasteiger partial charge in [0.25, 0.3) is 0 Å². The molecule has 0 amide bonds. The van der Waals surface area contributed by atoms with Crippen LogP contribution in [0, 0.1) is 0 Å². The highest BCUT2D eigenvalue weighted by molar-refractivity contribution is 5.34. The molecule has 0 atom stereocenters. The lowest BCUT2D eigenvalue weighted by atomic mass is 9.64. The summed E-state index contributed by atoms with van der Waals surface area (Å²) >= 11 is 0. The van der Waals surface area contributed by atoms with E-state index in [1.165, 1.54) is 30.4 Å². The molecule has 1 heteroatoms. The molecule has 106 valence electrons. The summed E-state index contributed by atoms with van der Waals surface area (Å²) in [6, 6.07) is 9.95. The van der Waals surface area contributed by atoms with E-state index in [2.05, 4.69) is 64.2 Å². The van der Waals surface area contributed by atoms with E-state index in [1.807, 2.05) is 0 Å². The second-order valence-corrected chi connectivity index (χ2v) is 7.50. The summed E-state index contributed by atoms with van der Waals surface area (Å²) in [7, 11) is 0. The van der Waals surface area contributed by atoms with E-state index in [9.17, 15) is 0 Å². The number of benzene rings is 1. The molecule has 1 aromatic carbocycles. The Balaban J connectivity index is 2.15. The van der Waals surface area contributed by atoms with Crippen molar-refractivity contribution in [2.75, 3.05) is 6.54 Å². The van der Waals surface area contributed by atoms with Gasteiger partial charge in [-0.1, -0.05) is 65.3 Å². The van der Waals surface area contributed by atoms with E-state index in [0.717, 1.165) is 6.54 Å². The highest BCUT2D eigenvalue weighted by Gasteiger charge is 2.38. The molecular weight excluding hydrogens is 230 g/mol. The Morgan fingerprint density at radius 1 is 1.11 bits per heavy atom. The molecule has 0 unspecified atom stereocenters. The maximum absolute atomic E-state index is 3.63. The van der Waals surface area contributed by atoms with Crippen LogP contribution < -0.4 is 5.32 Å². The Hall–Kier alpha value is -0.820. The smallest absolute Gasteiger partial charge is 0.00778 e. The summed E-state index contributed by atoms with van der Waals surface area (Å²) < 4.78 is 0. The third kappa shape index (κ3) is 3.20. The summed E-state index contributed by atoms with van der Waals surface area (Å²) in [4.78, 5) is 0. The van der Waals surface area contributed by atoms with Crippen molar-refractivity contribution in [3.63, 3.8) is 0 Å². The Labute approximate surface area is 118 Å². The largest absolute Gasteiger partial charge is 0.314 e. The molecule has 1 aliphatic carbocycles. The predicted molar refractivity (Wildman–Crippen MR) is 83.8 cm³/mol. The van der Waals surface area contributed by atoms with Crippen LogP contribution in [-0.2, 0) is 10.8 Å². The van der Waals surface area contributed by atoms with Gasteiger partial charge in [0, 0.05) is 18.0 Å². The van der Waals surface area contributed by atoms with E-state index in [-0.39, 0.29) is 5.41 Å². The summed E-state index contributed by atoms with van der Waals surface area (Å²) in [5.74, 6) is 0. The van der Waals surface area contributed by atoms with Crippen molar-refractivity contribution in [2.45, 2.75) is 70.8 Å². The maximum atomic E-state index is 3.63. The minimum atomic E-state index is 0.251. The third-order valence-electron chi connectivity index (χ3n) is 4.52. The number of hydrogen-bond acceptors (Lipinski definition) is 1. The molecule has 1 aliphatic rings. The number of hydrogen-bond donors (Lipinski definition) is 1. The zero-order valence-electron chi connectivity index (χ0n) is 13.2. The first kappa shape index (κ1) is 14.6. The van der Waals surface area contributed by atoms with Crippen molar-refractivity contribution in [3.05, 3.63) is 35.4 Å². The van der Waals surface area contributed by atoms with E-state index < -0.39 is 0 Å². The average Bonchev–Trinajstić information content (AvgIpc) is 2.26. The molecule has 19 heavy (non-hydrogen) atoms. The van der Waals surface area contributed by atoms with Gasteiger partial charge in [-0.15, -0.1) is 0 Å². The van der Waals surface area contributed by atoms with Crippen LogP contribution >= 0.6 is 0 Å². The number of nitrogens with one attached hydrogen (secondary N) is 1. The molecule has 0 aromatic heterocycles. The molecule has 1 fully saturated rings. The molecule has 0 heterocycles. The van der Waals surface area contributed by atoms with Crippen molar-refractivity contribution in [2.24, 2.45) is 0 Å². The molecule has 1 aromatic rings. The maximum Gasteiger partial charge on any atom is 0.00778 e. The Morgan fingerprint density at radius 2 is 1.68 bits per heavy atom. The fraction of sp³-hybridized carbons (Fsp3) is 0.667. The number of rotatable bonds is 4. The fourth-order valence-electron chi connectivity index (χ4n) is 2.89. The Morgan fingerprint density at radius 3 is 2.05 bits per heavy atom. The molecule has 2 rings (SSSR count). The molecular formula is C18H29N. The summed E-state index contributed by atoms with van der Waals surface area (Å²) in [6.07, 6.45) is 4.05. The van der Waals surface area contributed by atoms with Gasteiger partial charge in [-0.05, 0) is 29.4 Å². The van der Waals surface area contributed by atoms with Crippen LogP contribution in [0.1, 0.15) is 65.0 Å². The van der Waals surface area contributed by atoms with Gasteiger partial charge in [0.05, 0.1) is 0 Å². The second kappa shape index (κ2) is 5.28. The lowest BCUT2D eigenvalue weighted by Crippen LogP contribution is -2.45. The van der Waals surface area contributed by atoms with Gasteiger partial charge in [0.15, 0.2) is 0 Å². The zero-order chi connectivity index (χ0) is 14.1. The standard InChI is InChI=1S/C18H29N/c1-14(2)19-13-18(11-6-12-18)16-9-7-15(8-10-16)17(3,4)5/h7-10,14,19H,6,11-13H2,1-5H3. The zero-order valence-corrected chi connectivity index (χ0v) is 13.2. The Bertz CT molecular complexity index is 404. The van der Waals surface area contributed by atoms with Gasteiger partial charge >= 0.3 is 0 Å². The van der Waals surface area contributed by atoms with Crippen molar-refractivity contribution in [3.8, 4) is 0 Å². The van der Waals surface area contributed by atoms with Crippen molar-refractivity contribution in [1.82, 2.24) is 5.32 Å². The van der Waals surface area contributed by atoms with Gasteiger partial charge < -0.3 is 5.32 Å². The molecule has 0 bridgehead atoms. The molecule has 0 spiro atoms. The van der Waals surface area contributed by atoms with Crippen LogP contribution in [0.3, 0.4) is 0 Å². The highest BCUT2D eigenvalue weighted by Crippen LogP contribution is 2.43. The second-order valence-electron chi connectivity index (χ2n) is 7.50. The first-order valence-electron chi connectivity index (χ1n) is 7.68. The van der Waals surface area contributed by atoms with Gasteiger partial charge in [-0.3, -0.25) is 0 Å². The first-order valence-corrected chi connectivity index (χ1v) is 7.68. The third-order valence-corrected chi connectivity index (χ3v) is 4.52. The average molecular weight is 259 g/mol. The molecule has 0 radical (unpaired) electrons. The molecule has 0 saturated heterocycles. The quantitative estimate of drug-likeness (QED) is 0.845. The highest BCUT2D eigenvalue weighted by atomic mass is 14.9. The first-order chi connectivity index (χ1) is 8.83. The molecule has 1 saturated carbocycles. The Kier molecular flexibility index (Phi) is 4.06. The van der Waals surface area contributed by atoms with Crippen LogP contribution in [0.15, 0.2) is 24.3 Å². The molecule has 1 nitrogen and oxygen atoms in total. The van der Waals surface area contributed by atoms with Crippen LogP contribution in [0.25, 0.3) is 0 Å². The van der Waals surface area contributed by atoms with E-state index in [0.29, 0.717) is 11.5 Å². The SMILES string of the molecule is CC(C)NCC1(c2ccc(C(C)(C)C)cc2)CCC1. The van der Waals surface area contributed by atoms with Crippen LogP contribution in [0.5, 0.6) is 0 Å². The fourth-order valence-corrected chi connectivity index (χ4v) is 2.89. The topological polar surface area (TPSA) is 12.0 Å². The van der Waals surface area contributed by atoms with Crippen LogP contribution in [0.2, 0.25) is 0 Å². The van der Waals surface area contributed by atoms with E-state index >= 15 is 0 Å². The lowest BCUT2D eigenvalue weighted by Gasteiger charge is -2.43. The van der Waals surface area contributed by atoms with Gasteiger partial charge in [0.2, 0.25) is 0 Å². The van der Waals surface area contributed by atoms with Crippen LogP contribution in [-0.4, -0.2) is 12.6 Å². The van der Waals surface area contributed by atoms with Crippen LogP contribution in [0.4, 0.5) is 0 Å². The monoisotopic (exact) mass is 259 g/mol. The summed E-state index contributed by atoms with van der Waals surface area (Å²) in [5.41, 5.74) is 3.62. The predicted octanol–water partition coefficient (Wildman–Crippen LogP) is 4.40. The molecule has 0 aliphatic heterocycles. The van der Waals surface area contributed by atoms with Gasteiger partial charge in [-0.2, -0.15) is 0 Å². The van der Waals surface area contributed by atoms with Crippen molar-refractivity contribution < 1.29 is 0 Å². The minimum Gasteiger partial charge on any atom is -0.314 e. The lowest BCUT2D eigenvalue weighted by molar-refractivity contribution is 0.228. The van der Waals surface area contributed by atoms with E-state index in [4.69, 9.17) is 0 Å². The normalized spacial score (nSPS) is 18.4. The minimum absolute atomic E-state index is 0.251. The van der Waals surface area contributed by atoms with Crippen molar-refractivity contribution in [1.29, 1.82) is 0 Å².